The molecule has 1 heterocycles. The van der Waals surface area contributed by atoms with Crippen molar-refractivity contribution in [3.8, 4) is 0 Å². The van der Waals surface area contributed by atoms with E-state index in [9.17, 15) is 5.21 Å². The molecule has 5 unspecified atom stereocenters. The molecule has 1 aliphatic heterocycles. The predicted molar refractivity (Wildman–Crippen MR) is 52.1 cm³/mol. The minimum absolute atomic E-state index is 0.0920. The van der Waals surface area contributed by atoms with Gasteiger partial charge in [-0.1, -0.05) is 6.42 Å². The second-order valence-electron chi connectivity index (χ2n) is 4.63. The molecule has 3 heteroatoms. The van der Waals surface area contributed by atoms with Crippen molar-refractivity contribution < 1.29 is 5.06 Å². The first kappa shape index (κ1) is 9.44. The van der Waals surface area contributed by atoms with Crippen LogP contribution in [0.3, 0.4) is 0 Å². The van der Waals surface area contributed by atoms with Crippen LogP contribution in [0.4, 0.5) is 0 Å². The fourth-order valence-electron chi connectivity index (χ4n) is 3.03. The molecule has 3 nitrogen and oxygen atoms in total. The van der Waals surface area contributed by atoms with Crippen LogP contribution < -0.4 is 10.4 Å². The van der Waals surface area contributed by atoms with E-state index in [-0.39, 0.29) is 6.17 Å². The maximum absolute atomic E-state index is 11.8. The molecule has 76 valence electrons. The summed E-state index contributed by atoms with van der Waals surface area (Å²) in [6, 6.07) is 0.915. The molecule has 0 spiro atoms. The van der Waals surface area contributed by atoms with Crippen molar-refractivity contribution in [2.75, 3.05) is 0 Å². The lowest BCUT2D eigenvalue weighted by Gasteiger charge is -2.50. The molecule has 0 aromatic carbocycles. The highest BCUT2D eigenvalue weighted by atomic mass is 16.5. The Kier molecular flexibility index (Phi) is 2.58. The lowest BCUT2D eigenvalue weighted by Crippen LogP contribution is -3.19. The minimum atomic E-state index is 0.0920. The molecule has 2 N–H and O–H groups in total. The zero-order valence-electron chi connectivity index (χ0n) is 8.55. The molecule has 2 rings (SSSR count). The Hall–Kier alpha value is -0.120. The molecule has 0 bridgehead atoms. The zero-order chi connectivity index (χ0) is 9.42. The summed E-state index contributed by atoms with van der Waals surface area (Å²) in [5.41, 5.74) is 0. The molecule has 0 aromatic rings. The third kappa shape index (κ3) is 1.60. The maximum atomic E-state index is 11.8. The number of quaternary nitrogens is 1. The second-order valence-corrected chi connectivity index (χ2v) is 4.63. The SMILES string of the molecule is CC1NC(C)[NH+]([O-])C2CCCCC12. The van der Waals surface area contributed by atoms with Crippen LogP contribution in [-0.2, 0) is 0 Å². The predicted octanol–water partition coefficient (Wildman–Crippen LogP) is 0.266. The number of hydrogen-bond acceptors (Lipinski definition) is 2. The van der Waals surface area contributed by atoms with Gasteiger partial charge in [0.25, 0.3) is 0 Å². The van der Waals surface area contributed by atoms with Gasteiger partial charge in [-0.3, -0.25) is 5.32 Å². The molecule has 13 heavy (non-hydrogen) atoms. The summed E-state index contributed by atoms with van der Waals surface area (Å²) < 4.78 is 0. The van der Waals surface area contributed by atoms with Crippen LogP contribution in [0.15, 0.2) is 0 Å². The quantitative estimate of drug-likeness (QED) is 0.530. The fraction of sp³-hybridized carbons (Fsp3) is 1.00. The second kappa shape index (κ2) is 3.56. The van der Waals surface area contributed by atoms with Crippen LogP contribution in [-0.4, -0.2) is 18.2 Å². The maximum Gasteiger partial charge on any atom is 0.138 e. The van der Waals surface area contributed by atoms with Crippen LogP contribution in [0.2, 0.25) is 0 Å². The summed E-state index contributed by atoms with van der Waals surface area (Å²) in [6.45, 7) is 4.23. The summed E-state index contributed by atoms with van der Waals surface area (Å²) in [4.78, 5) is 0. The summed E-state index contributed by atoms with van der Waals surface area (Å²) in [5.74, 6) is 0.623. The molecule has 5 atom stereocenters. The topological polar surface area (TPSA) is 39.5 Å². The highest BCUT2D eigenvalue weighted by molar-refractivity contribution is 4.86. The van der Waals surface area contributed by atoms with Crippen molar-refractivity contribution in [3.05, 3.63) is 5.21 Å². The highest BCUT2D eigenvalue weighted by Gasteiger charge is 2.40. The Bertz CT molecular complexity index is 186. The number of fused-ring (bicyclic) bond motifs is 1. The molecular formula is C10H20N2O. The van der Waals surface area contributed by atoms with E-state index in [1.807, 2.05) is 6.92 Å². The van der Waals surface area contributed by atoms with Gasteiger partial charge in [0.15, 0.2) is 0 Å². The van der Waals surface area contributed by atoms with Gasteiger partial charge in [-0.2, -0.15) is 0 Å². The van der Waals surface area contributed by atoms with Gasteiger partial charge < -0.3 is 10.3 Å². The molecule has 2 fully saturated rings. The molecule has 2 aliphatic rings. The van der Waals surface area contributed by atoms with Crippen molar-refractivity contribution in [2.24, 2.45) is 5.92 Å². The molecule has 0 radical (unpaired) electrons. The first-order valence-corrected chi connectivity index (χ1v) is 5.50. The summed E-state index contributed by atoms with van der Waals surface area (Å²) in [6.07, 6.45) is 5.05. The average molecular weight is 184 g/mol. The van der Waals surface area contributed by atoms with E-state index >= 15 is 0 Å². The van der Waals surface area contributed by atoms with Crippen LogP contribution in [0.5, 0.6) is 0 Å². The number of nitrogens with one attached hydrogen (secondary N) is 2. The number of hydroxylamine groups is 2. The van der Waals surface area contributed by atoms with Gasteiger partial charge in [-0.05, 0) is 19.8 Å². The first-order valence-electron chi connectivity index (χ1n) is 5.50. The fourth-order valence-corrected chi connectivity index (χ4v) is 3.03. The van der Waals surface area contributed by atoms with Crippen molar-refractivity contribution in [1.29, 1.82) is 0 Å². The molecular weight excluding hydrogens is 164 g/mol. The summed E-state index contributed by atoms with van der Waals surface area (Å²) in [5, 5.41) is 15.7. The van der Waals surface area contributed by atoms with Gasteiger partial charge in [0, 0.05) is 25.3 Å². The van der Waals surface area contributed by atoms with Gasteiger partial charge in [-0.15, -0.1) is 0 Å². The Morgan fingerprint density at radius 1 is 1.23 bits per heavy atom. The van der Waals surface area contributed by atoms with E-state index < -0.39 is 0 Å². The van der Waals surface area contributed by atoms with Crippen molar-refractivity contribution >= 4 is 0 Å². The normalized spacial score (nSPS) is 51.5. The van der Waals surface area contributed by atoms with Crippen molar-refractivity contribution in [3.63, 3.8) is 0 Å². The summed E-state index contributed by atoms with van der Waals surface area (Å²) in [7, 11) is 0. The van der Waals surface area contributed by atoms with Gasteiger partial charge in [0.2, 0.25) is 0 Å². The largest absolute Gasteiger partial charge is 0.633 e. The Balaban J connectivity index is 2.10. The highest BCUT2D eigenvalue weighted by Crippen LogP contribution is 2.27. The van der Waals surface area contributed by atoms with E-state index in [0.717, 1.165) is 6.42 Å². The van der Waals surface area contributed by atoms with Crippen molar-refractivity contribution in [1.82, 2.24) is 5.32 Å². The van der Waals surface area contributed by atoms with Crippen molar-refractivity contribution in [2.45, 2.75) is 57.8 Å². The monoisotopic (exact) mass is 184 g/mol. The Morgan fingerprint density at radius 3 is 2.69 bits per heavy atom. The third-order valence-corrected chi connectivity index (χ3v) is 3.77. The van der Waals surface area contributed by atoms with Crippen LogP contribution in [0, 0.1) is 11.1 Å². The Labute approximate surface area is 80.1 Å². The third-order valence-electron chi connectivity index (χ3n) is 3.77. The standard InChI is InChI=1S/C10H20N2O/c1-7-9-5-3-4-6-10(9)12(13)8(2)11-7/h7-12H,3-6H2,1-2H3. The van der Waals surface area contributed by atoms with Gasteiger partial charge in [0.1, 0.15) is 6.17 Å². The van der Waals surface area contributed by atoms with E-state index in [1.54, 1.807) is 0 Å². The number of rotatable bonds is 0. The zero-order valence-corrected chi connectivity index (χ0v) is 8.55. The molecule has 0 aromatic heterocycles. The molecule has 1 aliphatic carbocycles. The average Bonchev–Trinajstić information content (AvgIpc) is 2.15. The van der Waals surface area contributed by atoms with E-state index in [4.69, 9.17) is 0 Å². The number of hydrogen-bond donors (Lipinski definition) is 2. The van der Waals surface area contributed by atoms with Gasteiger partial charge in [-0.25, -0.2) is 0 Å². The Morgan fingerprint density at radius 2 is 1.92 bits per heavy atom. The lowest BCUT2D eigenvalue weighted by molar-refractivity contribution is -0.915. The van der Waals surface area contributed by atoms with E-state index in [1.165, 1.54) is 19.3 Å². The summed E-state index contributed by atoms with van der Waals surface area (Å²) >= 11 is 0. The lowest BCUT2D eigenvalue weighted by atomic mass is 9.78. The smallest absolute Gasteiger partial charge is 0.138 e. The molecule has 0 amide bonds. The molecule has 1 saturated heterocycles. The van der Waals surface area contributed by atoms with Gasteiger partial charge >= 0.3 is 0 Å². The van der Waals surface area contributed by atoms with E-state index in [2.05, 4.69) is 12.2 Å². The van der Waals surface area contributed by atoms with E-state index in [0.29, 0.717) is 23.1 Å². The van der Waals surface area contributed by atoms with Crippen LogP contribution >= 0.6 is 0 Å². The first-order chi connectivity index (χ1) is 6.20. The van der Waals surface area contributed by atoms with Crippen LogP contribution in [0.25, 0.3) is 0 Å². The minimum Gasteiger partial charge on any atom is -0.633 e. The van der Waals surface area contributed by atoms with Gasteiger partial charge in [0.05, 0.1) is 6.04 Å². The van der Waals surface area contributed by atoms with Crippen LogP contribution in [0.1, 0.15) is 39.5 Å². The molecule has 1 saturated carbocycles.